The van der Waals surface area contributed by atoms with E-state index in [2.05, 4.69) is 69.7 Å². The second-order valence-electron chi connectivity index (χ2n) is 12.0. The van der Waals surface area contributed by atoms with E-state index in [1.807, 2.05) is 20.8 Å². The van der Waals surface area contributed by atoms with Crippen LogP contribution in [0.3, 0.4) is 0 Å². The number of rotatable bonds is 14. The number of carbonyl (C=O) groups is 1. The number of aryl methyl sites for hydroxylation is 2. The molecule has 1 aromatic rings. The average Bonchev–Trinajstić information content (AvgIpc) is 3.20. The van der Waals surface area contributed by atoms with Gasteiger partial charge in [-0.15, -0.1) is 0 Å². The van der Waals surface area contributed by atoms with Crippen molar-refractivity contribution in [3.63, 3.8) is 0 Å². The summed E-state index contributed by atoms with van der Waals surface area (Å²) in [6.07, 6.45) is 9.92. The number of amides is 1. The normalized spacial score (nSPS) is 16.5. The largest absolute Gasteiger partial charge is 0.371 e. The molecule has 0 N–H and O–H groups in total. The highest BCUT2D eigenvalue weighted by Crippen LogP contribution is 2.33. The summed E-state index contributed by atoms with van der Waals surface area (Å²) in [5.74, 6) is 1.03. The second kappa shape index (κ2) is 14.5. The van der Waals surface area contributed by atoms with Crippen LogP contribution in [0.1, 0.15) is 111 Å². The number of benzene rings is 1. The van der Waals surface area contributed by atoms with Crippen molar-refractivity contribution in [3.05, 3.63) is 23.3 Å². The number of carbonyl (C=O) groups excluding carboxylic acids is 1. The molecule has 210 valence electrons. The Morgan fingerprint density at radius 2 is 1.47 bits per heavy atom. The molecule has 0 bridgehead atoms. The predicted octanol–water partition coefficient (Wildman–Crippen LogP) is 8.14. The number of nitriles is 1. The lowest BCUT2D eigenvalue weighted by Crippen LogP contribution is -2.41. The molecule has 2 atom stereocenters. The van der Waals surface area contributed by atoms with Crippen molar-refractivity contribution in [2.24, 2.45) is 21.9 Å². The van der Waals surface area contributed by atoms with Gasteiger partial charge in [0.25, 0.3) is 5.91 Å². The lowest BCUT2D eigenvalue weighted by molar-refractivity contribution is -0.127. The molecule has 6 heteroatoms. The molecule has 0 radical (unpaired) electrons. The van der Waals surface area contributed by atoms with E-state index in [1.165, 1.54) is 62.1 Å². The van der Waals surface area contributed by atoms with Crippen LogP contribution in [0.2, 0.25) is 0 Å². The molecular weight excluding hydrogens is 470 g/mol. The first-order valence-corrected chi connectivity index (χ1v) is 14.8. The molecular formula is C32H51N5O. The number of hydrazone groups is 1. The van der Waals surface area contributed by atoms with Crippen molar-refractivity contribution >= 4 is 28.7 Å². The summed E-state index contributed by atoms with van der Waals surface area (Å²) in [6.45, 7) is 21.1. The summed E-state index contributed by atoms with van der Waals surface area (Å²) in [6, 6.07) is 6.51. The van der Waals surface area contributed by atoms with Crippen LogP contribution >= 0.6 is 0 Å². The van der Waals surface area contributed by atoms with Gasteiger partial charge in [-0.3, -0.25) is 4.79 Å². The van der Waals surface area contributed by atoms with E-state index < -0.39 is 5.54 Å². The van der Waals surface area contributed by atoms with E-state index in [-0.39, 0.29) is 17.3 Å². The summed E-state index contributed by atoms with van der Waals surface area (Å²) in [7, 11) is 0. The fourth-order valence-electron chi connectivity index (χ4n) is 5.17. The van der Waals surface area contributed by atoms with Crippen LogP contribution in [-0.4, -0.2) is 41.0 Å². The number of hydrogen-bond acceptors (Lipinski definition) is 5. The molecule has 1 amide bonds. The van der Waals surface area contributed by atoms with E-state index in [9.17, 15) is 10.1 Å². The van der Waals surface area contributed by atoms with Crippen LogP contribution in [0, 0.1) is 37.0 Å². The standard InChI is InChI=1S/C32H51N5O/c1-10-14-16-25(12-3)21-36(22-26(13-4)17-15-11-2)27-18-23(5)29(24(6)19-27)34-30-28(20-33)35-37(31(30)38)32(7,8)9/h18-19,25-26H,10-17,21-22H2,1-9H3. The van der Waals surface area contributed by atoms with Gasteiger partial charge in [0, 0.05) is 18.8 Å². The fraction of sp³-hybridized carbons (Fsp3) is 0.688. The van der Waals surface area contributed by atoms with Gasteiger partial charge in [0.05, 0.1) is 11.2 Å². The molecule has 6 nitrogen and oxygen atoms in total. The zero-order valence-corrected chi connectivity index (χ0v) is 25.5. The Morgan fingerprint density at radius 1 is 0.974 bits per heavy atom. The van der Waals surface area contributed by atoms with E-state index >= 15 is 0 Å². The lowest BCUT2D eigenvalue weighted by Gasteiger charge is -2.33. The van der Waals surface area contributed by atoms with Crippen LogP contribution in [0.15, 0.2) is 22.2 Å². The Balaban J connectivity index is 2.46. The summed E-state index contributed by atoms with van der Waals surface area (Å²) < 4.78 is 0. The number of anilines is 1. The van der Waals surface area contributed by atoms with Gasteiger partial charge in [-0.25, -0.2) is 10.0 Å². The van der Waals surface area contributed by atoms with E-state index in [1.54, 1.807) is 0 Å². The molecule has 0 saturated heterocycles. The molecule has 2 unspecified atom stereocenters. The molecule has 1 heterocycles. The fourth-order valence-corrected chi connectivity index (χ4v) is 5.17. The van der Waals surface area contributed by atoms with Gasteiger partial charge in [-0.05, 0) is 82.6 Å². The number of unbranched alkanes of at least 4 members (excludes halogenated alkanes) is 2. The van der Waals surface area contributed by atoms with Crippen molar-refractivity contribution in [2.75, 3.05) is 18.0 Å². The van der Waals surface area contributed by atoms with Crippen molar-refractivity contribution < 1.29 is 4.79 Å². The van der Waals surface area contributed by atoms with Crippen molar-refractivity contribution in [1.82, 2.24) is 5.01 Å². The van der Waals surface area contributed by atoms with Crippen LogP contribution < -0.4 is 4.90 Å². The summed E-state index contributed by atoms with van der Waals surface area (Å²) in [5, 5.41) is 15.3. The third kappa shape index (κ3) is 8.16. The van der Waals surface area contributed by atoms with Crippen molar-refractivity contribution in [2.45, 2.75) is 119 Å². The zero-order chi connectivity index (χ0) is 28.5. The topological polar surface area (TPSA) is 72.1 Å². The quantitative estimate of drug-likeness (QED) is 0.248. The number of hydrogen-bond donors (Lipinski definition) is 0. The molecule has 0 spiro atoms. The maximum Gasteiger partial charge on any atom is 0.296 e. The summed E-state index contributed by atoms with van der Waals surface area (Å²) in [5.41, 5.74) is 3.71. The molecule has 0 aromatic heterocycles. The van der Waals surface area contributed by atoms with Gasteiger partial charge in [-0.1, -0.05) is 66.2 Å². The second-order valence-corrected chi connectivity index (χ2v) is 12.0. The highest BCUT2D eigenvalue weighted by Gasteiger charge is 2.38. The minimum Gasteiger partial charge on any atom is -0.371 e. The summed E-state index contributed by atoms with van der Waals surface area (Å²) in [4.78, 5) is 20.5. The third-order valence-corrected chi connectivity index (χ3v) is 7.67. The first-order chi connectivity index (χ1) is 18.0. The smallest absolute Gasteiger partial charge is 0.296 e. The molecule has 0 aliphatic carbocycles. The van der Waals surface area contributed by atoms with Gasteiger partial charge in [0.2, 0.25) is 0 Å². The monoisotopic (exact) mass is 521 g/mol. The Hall–Kier alpha value is -2.68. The molecule has 0 saturated carbocycles. The lowest BCUT2D eigenvalue weighted by atomic mass is 9.95. The predicted molar refractivity (Wildman–Crippen MR) is 161 cm³/mol. The Kier molecular flexibility index (Phi) is 12.0. The molecule has 1 aliphatic heterocycles. The molecule has 2 rings (SSSR count). The zero-order valence-electron chi connectivity index (χ0n) is 25.5. The summed E-state index contributed by atoms with van der Waals surface area (Å²) >= 11 is 0. The van der Waals surface area contributed by atoms with E-state index in [0.717, 1.165) is 29.9 Å². The van der Waals surface area contributed by atoms with Gasteiger partial charge in [-0.2, -0.15) is 10.4 Å². The highest BCUT2D eigenvalue weighted by molar-refractivity contribution is 6.72. The number of nitrogens with zero attached hydrogens (tertiary/aromatic N) is 5. The first kappa shape index (κ1) is 31.5. The van der Waals surface area contributed by atoms with Crippen LogP contribution in [0.25, 0.3) is 0 Å². The Morgan fingerprint density at radius 3 is 1.87 bits per heavy atom. The van der Waals surface area contributed by atoms with Gasteiger partial charge in [0.15, 0.2) is 11.4 Å². The Bertz CT molecular complexity index is 1000. The van der Waals surface area contributed by atoms with Crippen LogP contribution in [0.5, 0.6) is 0 Å². The van der Waals surface area contributed by atoms with Gasteiger partial charge in [0.1, 0.15) is 6.07 Å². The SMILES string of the molecule is CCCCC(CC)CN(CC(CC)CCCC)c1cc(C)c(N=C2C(=O)N(C(C)(C)C)N=C2C#N)c(C)c1. The van der Waals surface area contributed by atoms with E-state index in [4.69, 9.17) is 4.99 Å². The minimum absolute atomic E-state index is 0.0813. The Labute approximate surface area is 232 Å². The molecule has 1 aromatic carbocycles. The van der Waals surface area contributed by atoms with E-state index in [0.29, 0.717) is 11.8 Å². The van der Waals surface area contributed by atoms with Gasteiger partial charge < -0.3 is 4.90 Å². The maximum absolute atomic E-state index is 13.1. The first-order valence-electron chi connectivity index (χ1n) is 14.8. The van der Waals surface area contributed by atoms with Gasteiger partial charge >= 0.3 is 0 Å². The molecule has 0 fully saturated rings. The van der Waals surface area contributed by atoms with Crippen molar-refractivity contribution in [1.29, 1.82) is 5.26 Å². The van der Waals surface area contributed by atoms with Crippen LogP contribution in [-0.2, 0) is 4.79 Å². The third-order valence-electron chi connectivity index (χ3n) is 7.67. The average molecular weight is 522 g/mol. The highest BCUT2D eigenvalue weighted by atomic mass is 16.2. The van der Waals surface area contributed by atoms with Crippen molar-refractivity contribution in [3.8, 4) is 6.07 Å². The minimum atomic E-state index is -0.522. The van der Waals surface area contributed by atoms with Crippen LogP contribution in [0.4, 0.5) is 11.4 Å². The molecule has 1 aliphatic rings. The molecule has 38 heavy (non-hydrogen) atoms. The maximum atomic E-state index is 13.1. The number of aliphatic imine (C=N–C) groups is 1.